The van der Waals surface area contributed by atoms with E-state index in [9.17, 15) is 9.59 Å². The number of thioether (sulfide) groups is 1. The van der Waals surface area contributed by atoms with Crippen molar-refractivity contribution in [1.29, 1.82) is 0 Å². The van der Waals surface area contributed by atoms with Crippen LogP contribution >= 0.6 is 27.7 Å². The molecule has 0 saturated carbocycles. The van der Waals surface area contributed by atoms with Crippen LogP contribution in [0.5, 0.6) is 0 Å². The van der Waals surface area contributed by atoms with E-state index >= 15 is 0 Å². The number of amides is 1. The first-order chi connectivity index (χ1) is 12.6. The van der Waals surface area contributed by atoms with Crippen LogP contribution in [0.3, 0.4) is 0 Å². The van der Waals surface area contributed by atoms with Gasteiger partial charge in [-0.05, 0) is 37.3 Å². The maximum absolute atomic E-state index is 12.3. The van der Waals surface area contributed by atoms with Crippen LogP contribution in [-0.4, -0.2) is 34.2 Å². The van der Waals surface area contributed by atoms with Crippen molar-refractivity contribution in [3.05, 3.63) is 52.5 Å². The summed E-state index contributed by atoms with van der Waals surface area (Å²) < 4.78 is 5.97. The van der Waals surface area contributed by atoms with E-state index in [1.807, 2.05) is 18.2 Å². The number of para-hydroxylation sites is 1. The van der Waals surface area contributed by atoms with Crippen molar-refractivity contribution in [1.82, 2.24) is 9.97 Å². The van der Waals surface area contributed by atoms with Gasteiger partial charge in [-0.3, -0.25) is 4.79 Å². The van der Waals surface area contributed by atoms with E-state index in [0.29, 0.717) is 16.4 Å². The summed E-state index contributed by atoms with van der Waals surface area (Å²) in [4.78, 5) is 31.8. The monoisotopic (exact) mass is 433 g/mol. The second kappa shape index (κ2) is 8.37. The molecule has 8 heteroatoms. The fourth-order valence-corrected chi connectivity index (χ4v) is 3.37. The zero-order valence-electron chi connectivity index (χ0n) is 13.9. The zero-order chi connectivity index (χ0) is 18.5. The Hall–Kier alpha value is -2.32. The number of rotatable bonds is 6. The number of carbonyl (C=O) groups excluding carboxylic acids is 2. The molecule has 0 unspecified atom stereocenters. The smallest absolute Gasteiger partial charge is 0.340 e. The number of anilines is 1. The predicted octanol–water partition coefficient (Wildman–Crippen LogP) is 4.23. The summed E-state index contributed by atoms with van der Waals surface area (Å²) >= 11 is 4.71. The third-order valence-corrected chi connectivity index (χ3v) is 4.83. The Kier molecular flexibility index (Phi) is 5.95. The molecule has 0 radical (unpaired) electrons. The van der Waals surface area contributed by atoms with Crippen LogP contribution in [-0.2, 0) is 9.53 Å². The van der Waals surface area contributed by atoms with E-state index < -0.39 is 5.97 Å². The third kappa shape index (κ3) is 4.44. The fourth-order valence-electron chi connectivity index (χ4n) is 2.33. The van der Waals surface area contributed by atoms with E-state index in [4.69, 9.17) is 4.74 Å². The second-order valence-electron chi connectivity index (χ2n) is 5.31. The molecular formula is C18H16BrN3O3S. The van der Waals surface area contributed by atoms with Gasteiger partial charge in [-0.15, -0.1) is 0 Å². The first-order valence-corrected chi connectivity index (χ1v) is 9.68. The van der Waals surface area contributed by atoms with E-state index in [1.165, 1.54) is 11.8 Å². The molecule has 0 bridgehead atoms. The topological polar surface area (TPSA) is 84.1 Å². The van der Waals surface area contributed by atoms with E-state index in [1.54, 1.807) is 31.2 Å². The number of aromatic amines is 1. The molecule has 134 valence electrons. The van der Waals surface area contributed by atoms with Crippen molar-refractivity contribution in [2.45, 2.75) is 12.1 Å². The van der Waals surface area contributed by atoms with Gasteiger partial charge < -0.3 is 15.0 Å². The second-order valence-corrected chi connectivity index (χ2v) is 7.19. The van der Waals surface area contributed by atoms with E-state index in [2.05, 4.69) is 31.2 Å². The number of esters is 1. The maximum atomic E-state index is 12.3. The number of aromatic nitrogens is 2. The Labute approximate surface area is 162 Å². The molecule has 1 aromatic heterocycles. The average Bonchev–Trinajstić information content (AvgIpc) is 3.02. The SMILES string of the molecule is CCOC(=O)c1ccccc1NC(=O)CSc1nc2ccc(Br)cc2[nH]1. The number of fused-ring (bicyclic) bond motifs is 1. The number of nitrogens with zero attached hydrogens (tertiary/aromatic N) is 1. The summed E-state index contributed by atoms with van der Waals surface area (Å²) in [5.74, 6) is -0.523. The lowest BCUT2D eigenvalue weighted by molar-refractivity contribution is -0.113. The normalized spacial score (nSPS) is 10.7. The van der Waals surface area contributed by atoms with Crippen LogP contribution in [0.4, 0.5) is 5.69 Å². The van der Waals surface area contributed by atoms with Crippen molar-refractivity contribution in [3.8, 4) is 0 Å². The van der Waals surface area contributed by atoms with Crippen LogP contribution in [0, 0.1) is 0 Å². The van der Waals surface area contributed by atoms with E-state index in [-0.39, 0.29) is 18.3 Å². The number of nitrogens with one attached hydrogen (secondary N) is 2. The van der Waals surface area contributed by atoms with Crippen molar-refractivity contribution < 1.29 is 14.3 Å². The van der Waals surface area contributed by atoms with Gasteiger partial charge in [0.15, 0.2) is 5.16 Å². The van der Waals surface area contributed by atoms with Gasteiger partial charge in [0.05, 0.1) is 34.6 Å². The lowest BCUT2D eigenvalue weighted by atomic mass is 10.2. The van der Waals surface area contributed by atoms with Crippen LogP contribution in [0.15, 0.2) is 52.1 Å². The van der Waals surface area contributed by atoms with E-state index in [0.717, 1.165) is 15.5 Å². The molecule has 6 nitrogen and oxygen atoms in total. The summed E-state index contributed by atoms with van der Waals surface area (Å²) in [5, 5.41) is 3.41. The van der Waals surface area contributed by atoms with Gasteiger partial charge >= 0.3 is 5.97 Å². The number of hydrogen-bond donors (Lipinski definition) is 2. The Morgan fingerprint density at radius 1 is 1.27 bits per heavy atom. The Balaban J connectivity index is 1.64. The predicted molar refractivity (Wildman–Crippen MR) is 106 cm³/mol. The van der Waals surface area contributed by atoms with Crippen molar-refractivity contribution in [2.75, 3.05) is 17.7 Å². The minimum absolute atomic E-state index is 0.165. The van der Waals surface area contributed by atoms with Gasteiger partial charge in [0.1, 0.15) is 0 Å². The Morgan fingerprint density at radius 2 is 2.08 bits per heavy atom. The molecule has 3 rings (SSSR count). The highest BCUT2D eigenvalue weighted by molar-refractivity contribution is 9.10. The van der Waals surface area contributed by atoms with Crippen LogP contribution in [0.25, 0.3) is 11.0 Å². The fraction of sp³-hybridized carbons (Fsp3) is 0.167. The van der Waals surface area contributed by atoms with Crippen LogP contribution in [0.1, 0.15) is 17.3 Å². The lowest BCUT2D eigenvalue weighted by Crippen LogP contribution is -2.17. The summed E-state index contributed by atoms with van der Waals surface area (Å²) in [7, 11) is 0. The summed E-state index contributed by atoms with van der Waals surface area (Å²) in [6, 6.07) is 12.5. The molecule has 1 heterocycles. The minimum Gasteiger partial charge on any atom is -0.462 e. The molecular weight excluding hydrogens is 418 g/mol. The molecule has 0 aliphatic carbocycles. The quantitative estimate of drug-likeness (QED) is 0.448. The highest BCUT2D eigenvalue weighted by Gasteiger charge is 2.14. The molecule has 0 spiro atoms. The highest BCUT2D eigenvalue weighted by Crippen LogP contribution is 2.23. The molecule has 3 aromatic rings. The summed E-state index contributed by atoms with van der Waals surface area (Å²) in [5.41, 5.74) is 2.50. The molecule has 0 aliphatic rings. The van der Waals surface area contributed by atoms with Crippen molar-refractivity contribution in [2.24, 2.45) is 0 Å². The average molecular weight is 434 g/mol. The Morgan fingerprint density at radius 3 is 2.88 bits per heavy atom. The van der Waals surface area contributed by atoms with Gasteiger partial charge in [-0.2, -0.15) is 0 Å². The number of imidazole rings is 1. The van der Waals surface area contributed by atoms with Crippen molar-refractivity contribution in [3.63, 3.8) is 0 Å². The lowest BCUT2D eigenvalue weighted by Gasteiger charge is -2.09. The zero-order valence-corrected chi connectivity index (χ0v) is 16.3. The number of H-pyrrole nitrogens is 1. The van der Waals surface area contributed by atoms with Gasteiger partial charge in [-0.25, -0.2) is 9.78 Å². The minimum atomic E-state index is -0.459. The summed E-state index contributed by atoms with van der Waals surface area (Å²) in [6.07, 6.45) is 0. The van der Waals surface area contributed by atoms with Gasteiger partial charge in [0.2, 0.25) is 5.91 Å². The first kappa shape index (κ1) is 18.5. The summed E-state index contributed by atoms with van der Waals surface area (Å²) in [6.45, 7) is 2.01. The van der Waals surface area contributed by atoms with Crippen LogP contribution in [0.2, 0.25) is 0 Å². The molecule has 0 fully saturated rings. The standard InChI is InChI=1S/C18H16BrN3O3S/c1-2-25-17(24)12-5-3-4-6-13(12)20-16(23)10-26-18-21-14-8-7-11(19)9-15(14)22-18/h3-9H,2,10H2,1H3,(H,20,23)(H,21,22). The van der Waals surface area contributed by atoms with Crippen molar-refractivity contribution >= 4 is 56.3 Å². The largest absolute Gasteiger partial charge is 0.462 e. The number of hydrogen-bond acceptors (Lipinski definition) is 5. The third-order valence-electron chi connectivity index (χ3n) is 3.46. The molecule has 0 atom stereocenters. The Bertz CT molecular complexity index is 958. The van der Waals surface area contributed by atoms with Gasteiger partial charge in [-0.1, -0.05) is 39.8 Å². The first-order valence-electron chi connectivity index (χ1n) is 7.91. The molecule has 0 aliphatic heterocycles. The highest BCUT2D eigenvalue weighted by atomic mass is 79.9. The number of benzene rings is 2. The molecule has 26 heavy (non-hydrogen) atoms. The maximum Gasteiger partial charge on any atom is 0.340 e. The molecule has 0 saturated heterocycles. The van der Waals surface area contributed by atoms with Gasteiger partial charge in [0.25, 0.3) is 0 Å². The number of halogens is 1. The molecule has 1 amide bonds. The molecule has 2 N–H and O–H groups in total. The number of carbonyl (C=O) groups is 2. The number of ether oxygens (including phenoxy) is 1. The van der Waals surface area contributed by atoms with Crippen LogP contribution < -0.4 is 5.32 Å². The molecule has 2 aromatic carbocycles. The van der Waals surface area contributed by atoms with Gasteiger partial charge in [0, 0.05) is 4.47 Å².